The van der Waals surface area contributed by atoms with E-state index in [0.717, 1.165) is 11.3 Å². The summed E-state index contributed by atoms with van der Waals surface area (Å²) in [6, 6.07) is 14.1. The SMILES string of the molecule is COC(=O)c1sc(C(=O)O)c(-c2ccc(OC)cc2)c1-c1ccc(OC)cc1. The van der Waals surface area contributed by atoms with E-state index in [1.807, 2.05) is 0 Å². The molecule has 3 rings (SSSR count). The van der Waals surface area contributed by atoms with Gasteiger partial charge < -0.3 is 19.3 Å². The first-order valence-corrected chi connectivity index (χ1v) is 9.09. The van der Waals surface area contributed by atoms with Crippen molar-refractivity contribution in [1.29, 1.82) is 0 Å². The minimum Gasteiger partial charge on any atom is -0.497 e. The highest BCUT2D eigenvalue weighted by Crippen LogP contribution is 2.44. The van der Waals surface area contributed by atoms with E-state index in [2.05, 4.69) is 0 Å². The minimum atomic E-state index is -1.11. The maximum Gasteiger partial charge on any atom is 0.348 e. The number of hydrogen-bond donors (Lipinski definition) is 1. The van der Waals surface area contributed by atoms with Crippen LogP contribution in [-0.2, 0) is 4.74 Å². The van der Waals surface area contributed by atoms with Crippen molar-refractivity contribution in [2.24, 2.45) is 0 Å². The van der Waals surface area contributed by atoms with Crippen LogP contribution in [0, 0.1) is 0 Å². The number of esters is 1. The minimum absolute atomic E-state index is 0.0661. The van der Waals surface area contributed by atoms with E-state index < -0.39 is 11.9 Å². The fourth-order valence-electron chi connectivity index (χ4n) is 2.88. The summed E-state index contributed by atoms with van der Waals surface area (Å²) in [5.74, 6) is -0.392. The standard InChI is InChI=1S/C21H18O6S/c1-25-14-8-4-12(5-9-14)16-17(13-6-10-15(26-2)11-7-13)19(21(24)27-3)28-18(16)20(22)23/h4-11H,1-3H3,(H,22,23). The fourth-order valence-corrected chi connectivity index (χ4v) is 3.99. The van der Waals surface area contributed by atoms with E-state index in [0.29, 0.717) is 33.8 Å². The van der Waals surface area contributed by atoms with Crippen molar-refractivity contribution in [2.75, 3.05) is 21.3 Å². The molecular formula is C21H18O6S. The van der Waals surface area contributed by atoms with Crippen LogP contribution in [-0.4, -0.2) is 38.4 Å². The monoisotopic (exact) mass is 398 g/mol. The van der Waals surface area contributed by atoms with Crippen LogP contribution >= 0.6 is 11.3 Å². The van der Waals surface area contributed by atoms with Gasteiger partial charge >= 0.3 is 11.9 Å². The summed E-state index contributed by atoms with van der Waals surface area (Å²) < 4.78 is 15.3. The van der Waals surface area contributed by atoms with Crippen LogP contribution in [0.2, 0.25) is 0 Å². The average Bonchev–Trinajstić information content (AvgIpc) is 3.14. The quantitative estimate of drug-likeness (QED) is 0.612. The Kier molecular flexibility index (Phi) is 5.65. The molecule has 0 fully saturated rings. The van der Waals surface area contributed by atoms with Gasteiger partial charge in [0.2, 0.25) is 0 Å². The third-order valence-corrected chi connectivity index (χ3v) is 5.39. The van der Waals surface area contributed by atoms with Crippen molar-refractivity contribution in [1.82, 2.24) is 0 Å². The Labute approximate surface area is 165 Å². The molecule has 0 aliphatic heterocycles. The first-order valence-electron chi connectivity index (χ1n) is 8.27. The Balaban J connectivity index is 2.31. The van der Waals surface area contributed by atoms with Gasteiger partial charge in [-0.25, -0.2) is 9.59 Å². The molecule has 0 saturated carbocycles. The highest BCUT2D eigenvalue weighted by molar-refractivity contribution is 7.17. The molecule has 0 aliphatic carbocycles. The second kappa shape index (κ2) is 8.14. The highest BCUT2D eigenvalue weighted by atomic mass is 32.1. The molecule has 1 heterocycles. The van der Waals surface area contributed by atoms with Gasteiger partial charge in [-0.05, 0) is 35.4 Å². The van der Waals surface area contributed by atoms with Gasteiger partial charge in [-0.2, -0.15) is 0 Å². The molecule has 0 bridgehead atoms. The molecule has 0 amide bonds. The normalized spacial score (nSPS) is 10.4. The zero-order valence-electron chi connectivity index (χ0n) is 15.5. The lowest BCUT2D eigenvalue weighted by Gasteiger charge is -2.10. The van der Waals surface area contributed by atoms with Crippen LogP contribution in [0.1, 0.15) is 19.3 Å². The Morgan fingerprint density at radius 1 is 0.750 bits per heavy atom. The first kappa shape index (κ1) is 19.4. The molecule has 0 atom stereocenters. The van der Waals surface area contributed by atoms with E-state index in [-0.39, 0.29) is 9.75 Å². The Morgan fingerprint density at radius 3 is 1.54 bits per heavy atom. The molecular weight excluding hydrogens is 380 g/mol. The molecule has 1 aromatic heterocycles. The molecule has 28 heavy (non-hydrogen) atoms. The number of carboxylic acids is 1. The molecule has 144 valence electrons. The maximum atomic E-state index is 12.4. The van der Waals surface area contributed by atoms with Crippen molar-refractivity contribution in [3.63, 3.8) is 0 Å². The smallest absolute Gasteiger partial charge is 0.348 e. The molecule has 0 spiro atoms. The van der Waals surface area contributed by atoms with Gasteiger partial charge in [-0.1, -0.05) is 24.3 Å². The van der Waals surface area contributed by atoms with Gasteiger partial charge in [0.05, 0.1) is 21.3 Å². The van der Waals surface area contributed by atoms with Crippen LogP contribution in [0.3, 0.4) is 0 Å². The lowest BCUT2D eigenvalue weighted by molar-refractivity contribution is 0.0606. The van der Waals surface area contributed by atoms with Gasteiger partial charge in [-0.3, -0.25) is 0 Å². The van der Waals surface area contributed by atoms with Crippen molar-refractivity contribution < 1.29 is 28.9 Å². The van der Waals surface area contributed by atoms with Gasteiger partial charge in [0.25, 0.3) is 0 Å². The van der Waals surface area contributed by atoms with Gasteiger partial charge in [0, 0.05) is 11.1 Å². The Morgan fingerprint density at radius 2 is 1.18 bits per heavy atom. The Hall–Kier alpha value is -3.32. The first-order chi connectivity index (χ1) is 13.5. The zero-order valence-corrected chi connectivity index (χ0v) is 16.3. The van der Waals surface area contributed by atoms with E-state index in [1.165, 1.54) is 7.11 Å². The van der Waals surface area contributed by atoms with Crippen LogP contribution < -0.4 is 9.47 Å². The second-order valence-electron chi connectivity index (χ2n) is 5.76. The summed E-state index contributed by atoms with van der Waals surface area (Å²) in [6.07, 6.45) is 0. The van der Waals surface area contributed by atoms with E-state index >= 15 is 0 Å². The highest BCUT2D eigenvalue weighted by Gasteiger charge is 2.28. The third kappa shape index (κ3) is 3.57. The molecule has 7 heteroatoms. The predicted octanol–water partition coefficient (Wildman–Crippen LogP) is 4.58. The number of aromatic carboxylic acids is 1. The molecule has 0 aliphatic rings. The van der Waals surface area contributed by atoms with Gasteiger partial charge in [0.15, 0.2) is 0 Å². The van der Waals surface area contributed by atoms with Crippen LogP contribution in [0.25, 0.3) is 22.3 Å². The summed E-state index contributed by atoms with van der Waals surface area (Å²) in [6.45, 7) is 0. The van der Waals surface area contributed by atoms with E-state index in [1.54, 1.807) is 62.8 Å². The summed E-state index contributed by atoms with van der Waals surface area (Å²) in [7, 11) is 4.39. The fraction of sp³-hybridized carbons (Fsp3) is 0.143. The average molecular weight is 398 g/mol. The summed E-state index contributed by atoms with van der Waals surface area (Å²) in [5.41, 5.74) is 2.33. The lowest BCUT2D eigenvalue weighted by Crippen LogP contribution is -2.00. The maximum absolute atomic E-state index is 12.4. The number of rotatable bonds is 6. The summed E-state index contributed by atoms with van der Waals surface area (Å²) >= 11 is 0.900. The largest absolute Gasteiger partial charge is 0.497 e. The van der Waals surface area contributed by atoms with Crippen molar-refractivity contribution >= 4 is 23.3 Å². The number of benzene rings is 2. The van der Waals surface area contributed by atoms with Crippen LogP contribution in [0.4, 0.5) is 0 Å². The van der Waals surface area contributed by atoms with Gasteiger partial charge in [0.1, 0.15) is 21.3 Å². The molecule has 0 unspecified atom stereocenters. The van der Waals surface area contributed by atoms with Crippen molar-refractivity contribution in [2.45, 2.75) is 0 Å². The number of methoxy groups -OCH3 is 3. The summed E-state index contributed by atoms with van der Waals surface area (Å²) in [4.78, 5) is 24.6. The van der Waals surface area contributed by atoms with Crippen molar-refractivity contribution in [3.05, 3.63) is 58.3 Å². The number of carbonyl (C=O) groups is 2. The van der Waals surface area contributed by atoms with Crippen LogP contribution in [0.15, 0.2) is 48.5 Å². The molecule has 0 radical (unpaired) electrons. The number of carbonyl (C=O) groups excluding carboxylic acids is 1. The molecule has 2 aromatic carbocycles. The molecule has 1 N–H and O–H groups in total. The lowest BCUT2D eigenvalue weighted by atomic mass is 9.94. The van der Waals surface area contributed by atoms with Crippen molar-refractivity contribution in [3.8, 4) is 33.8 Å². The predicted molar refractivity (Wildman–Crippen MR) is 107 cm³/mol. The number of ether oxygens (including phenoxy) is 3. The second-order valence-corrected chi connectivity index (χ2v) is 6.78. The van der Waals surface area contributed by atoms with Gasteiger partial charge in [-0.15, -0.1) is 11.3 Å². The van der Waals surface area contributed by atoms with Crippen LogP contribution in [0.5, 0.6) is 11.5 Å². The molecule has 3 aromatic rings. The zero-order chi connectivity index (χ0) is 20.3. The number of thiophene rings is 1. The Bertz CT molecular complexity index is 1000. The number of carboxylic acid groups (broad SMARTS) is 1. The number of hydrogen-bond acceptors (Lipinski definition) is 6. The molecule has 6 nitrogen and oxygen atoms in total. The third-order valence-electron chi connectivity index (χ3n) is 4.23. The summed E-state index contributed by atoms with van der Waals surface area (Å²) in [5, 5.41) is 9.76. The molecule has 0 saturated heterocycles. The van der Waals surface area contributed by atoms with E-state index in [4.69, 9.17) is 14.2 Å². The van der Waals surface area contributed by atoms with E-state index in [9.17, 15) is 14.7 Å². The topological polar surface area (TPSA) is 82.1 Å².